The molecule has 88 valence electrons. The summed E-state index contributed by atoms with van der Waals surface area (Å²) in [4.78, 5) is 11.1. The van der Waals surface area contributed by atoms with Gasteiger partial charge in [0.2, 0.25) is 0 Å². The van der Waals surface area contributed by atoms with Gasteiger partial charge in [0.1, 0.15) is 0 Å². The Morgan fingerprint density at radius 2 is 1.94 bits per heavy atom. The Balaban J connectivity index is 2.39. The van der Waals surface area contributed by atoms with Crippen LogP contribution in [0.5, 0.6) is 11.5 Å². The molecule has 16 heavy (non-hydrogen) atoms. The molecule has 0 aliphatic heterocycles. The van der Waals surface area contributed by atoms with Crippen LogP contribution < -0.4 is 9.47 Å². The van der Waals surface area contributed by atoms with Gasteiger partial charge in [-0.2, -0.15) is 0 Å². The van der Waals surface area contributed by atoms with Gasteiger partial charge >= 0.3 is 5.97 Å². The second kappa shape index (κ2) is 6.71. The second-order valence-electron chi connectivity index (χ2n) is 3.05. The molecule has 0 atom stereocenters. The molecule has 1 aromatic rings. The van der Waals surface area contributed by atoms with Gasteiger partial charge in [-0.3, -0.25) is 4.79 Å². The van der Waals surface area contributed by atoms with Crippen LogP contribution in [0, 0.1) is 0 Å². The smallest absolute Gasteiger partial charge is 0.309 e. The van der Waals surface area contributed by atoms with Gasteiger partial charge in [-0.1, -0.05) is 12.1 Å². The van der Waals surface area contributed by atoms with Crippen molar-refractivity contribution in [3.63, 3.8) is 0 Å². The number of hydrogen-bond acceptors (Lipinski definition) is 4. The molecule has 1 aromatic carbocycles. The Morgan fingerprint density at radius 1 is 1.25 bits per heavy atom. The maximum absolute atomic E-state index is 11.1. The van der Waals surface area contributed by atoms with Crippen LogP contribution in [0.3, 0.4) is 0 Å². The first-order valence-electron chi connectivity index (χ1n) is 5.19. The summed E-state index contributed by atoms with van der Waals surface area (Å²) >= 11 is 0. The Labute approximate surface area is 95.1 Å². The van der Waals surface area contributed by atoms with Crippen molar-refractivity contribution in [2.75, 3.05) is 20.3 Å². The van der Waals surface area contributed by atoms with E-state index in [0.717, 1.165) is 0 Å². The topological polar surface area (TPSA) is 44.8 Å². The normalized spacial score (nSPS) is 9.62. The maximum atomic E-state index is 11.1. The summed E-state index contributed by atoms with van der Waals surface area (Å²) in [5, 5.41) is 0. The SMILES string of the molecule is CCOC(=O)CCOc1ccccc1OC. The third kappa shape index (κ3) is 3.81. The van der Waals surface area contributed by atoms with E-state index in [-0.39, 0.29) is 12.4 Å². The molecule has 0 heterocycles. The lowest BCUT2D eigenvalue weighted by Gasteiger charge is -2.09. The van der Waals surface area contributed by atoms with Crippen molar-refractivity contribution in [1.82, 2.24) is 0 Å². The fourth-order valence-electron chi connectivity index (χ4n) is 1.22. The molecule has 0 amide bonds. The maximum Gasteiger partial charge on any atom is 0.309 e. The molecule has 0 fully saturated rings. The number of para-hydroxylation sites is 2. The molecule has 0 N–H and O–H groups in total. The van der Waals surface area contributed by atoms with Crippen molar-refractivity contribution in [2.45, 2.75) is 13.3 Å². The Hall–Kier alpha value is -1.71. The van der Waals surface area contributed by atoms with Gasteiger partial charge in [-0.25, -0.2) is 0 Å². The zero-order valence-electron chi connectivity index (χ0n) is 9.56. The first-order chi connectivity index (χ1) is 7.77. The van der Waals surface area contributed by atoms with E-state index < -0.39 is 0 Å². The number of ether oxygens (including phenoxy) is 3. The van der Waals surface area contributed by atoms with Crippen LogP contribution in [0.1, 0.15) is 13.3 Å². The van der Waals surface area contributed by atoms with Gasteiger partial charge in [-0.05, 0) is 19.1 Å². The molecular formula is C12H16O4. The third-order valence-electron chi connectivity index (χ3n) is 1.94. The molecule has 4 heteroatoms. The van der Waals surface area contributed by atoms with Gasteiger partial charge in [0.25, 0.3) is 0 Å². The number of carbonyl (C=O) groups excluding carboxylic acids is 1. The molecule has 1 rings (SSSR count). The summed E-state index contributed by atoms with van der Waals surface area (Å²) in [6, 6.07) is 7.31. The van der Waals surface area contributed by atoms with E-state index >= 15 is 0 Å². The minimum Gasteiger partial charge on any atom is -0.493 e. The quantitative estimate of drug-likeness (QED) is 0.693. The summed E-state index contributed by atoms with van der Waals surface area (Å²) in [6.45, 7) is 2.46. The summed E-state index contributed by atoms with van der Waals surface area (Å²) < 4.78 is 15.3. The number of hydrogen-bond donors (Lipinski definition) is 0. The Kier molecular flexibility index (Phi) is 5.19. The van der Waals surface area contributed by atoms with Gasteiger partial charge in [0, 0.05) is 0 Å². The standard InChI is InChI=1S/C12H16O4/c1-3-15-12(13)8-9-16-11-7-5-4-6-10(11)14-2/h4-7H,3,8-9H2,1-2H3. The van der Waals surface area contributed by atoms with Crippen molar-refractivity contribution < 1.29 is 19.0 Å². The molecule has 0 saturated carbocycles. The second-order valence-corrected chi connectivity index (χ2v) is 3.05. The van der Waals surface area contributed by atoms with Crippen LogP contribution in [0.2, 0.25) is 0 Å². The van der Waals surface area contributed by atoms with Crippen LogP contribution >= 0.6 is 0 Å². The average Bonchev–Trinajstić information content (AvgIpc) is 2.30. The minimum atomic E-state index is -0.252. The molecule has 0 aliphatic rings. The Morgan fingerprint density at radius 3 is 2.56 bits per heavy atom. The predicted molar refractivity (Wildman–Crippen MR) is 59.7 cm³/mol. The predicted octanol–water partition coefficient (Wildman–Crippen LogP) is 2.03. The largest absolute Gasteiger partial charge is 0.493 e. The molecule has 0 unspecified atom stereocenters. The lowest BCUT2D eigenvalue weighted by Crippen LogP contribution is -2.09. The first kappa shape index (κ1) is 12.4. The summed E-state index contributed by atoms with van der Waals surface area (Å²) in [5.74, 6) is 1.04. The molecule has 0 saturated heterocycles. The molecule has 0 bridgehead atoms. The number of esters is 1. The highest BCUT2D eigenvalue weighted by atomic mass is 16.5. The van der Waals surface area contributed by atoms with Gasteiger partial charge in [0.15, 0.2) is 11.5 Å². The fraction of sp³-hybridized carbons (Fsp3) is 0.417. The van der Waals surface area contributed by atoms with E-state index in [2.05, 4.69) is 0 Å². The number of carbonyl (C=O) groups is 1. The monoisotopic (exact) mass is 224 g/mol. The third-order valence-corrected chi connectivity index (χ3v) is 1.94. The van der Waals surface area contributed by atoms with Gasteiger partial charge in [0.05, 0.1) is 26.7 Å². The first-order valence-corrected chi connectivity index (χ1v) is 5.19. The number of benzene rings is 1. The highest BCUT2D eigenvalue weighted by Gasteiger charge is 2.05. The van der Waals surface area contributed by atoms with Crippen LogP contribution in [-0.2, 0) is 9.53 Å². The van der Waals surface area contributed by atoms with E-state index in [1.165, 1.54) is 0 Å². The van der Waals surface area contributed by atoms with Crippen LogP contribution in [-0.4, -0.2) is 26.3 Å². The summed E-state index contributed by atoms with van der Waals surface area (Å²) in [5.41, 5.74) is 0. The van der Waals surface area contributed by atoms with E-state index in [1.54, 1.807) is 26.2 Å². The van der Waals surface area contributed by atoms with Crippen molar-refractivity contribution >= 4 is 5.97 Å². The average molecular weight is 224 g/mol. The fourth-order valence-corrected chi connectivity index (χ4v) is 1.22. The minimum absolute atomic E-state index is 0.242. The summed E-state index contributed by atoms with van der Waals surface area (Å²) in [7, 11) is 1.58. The lowest BCUT2D eigenvalue weighted by atomic mass is 10.3. The highest BCUT2D eigenvalue weighted by Crippen LogP contribution is 2.25. The van der Waals surface area contributed by atoms with Gasteiger partial charge < -0.3 is 14.2 Å². The highest BCUT2D eigenvalue weighted by molar-refractivity contribution is 5.69. The van der Waals surface area contributed by atoms with E-state index in [9.17, 15) is 4.79 Å². The number of rotatable bonds is 6. The molecule has 4 nitrogen and oxygen atoms in total. The van der Waals surface area contributed by atoms with Crippen LogP contribution in [0.15, 0.2) is 24.3 Å². The van der Waals surface area contributed by atoms with E-state index in [0.29, 0.717) is 24.7 Å². The zero-order valence-corrected chi connectivity index (χ0v) is 9.56. The van der Waals surface area contributed by atoms with Crippen molar-refractivity contribution in [3.05, 3.63) is 24.3 Å². The van der Waals surface area contributed by atoms with Crippen molar-refractivity contribution in [1.29, 1.82) is 0 Å². The molecule has 0 radical (unpaired) electrons. The molecule has 0 aliphatic carbocycles. The van der Waals surface area contributed by atoms with Gasteiger partial charge in [-0.15, -0.1) is 0 Å². The van der Waals surface area contributed by atoms with E-state index in [1.807, 2.05) is 12.1 Å². The molecule has 0 aromatic heterocycles. The zero-order chi connectivity index (χ0) is 11.8. The van der Waals surface area contributed by atoms with E-state index in [4.69, 9.17) is 14.2 Å². The molecular weight excluding hydrogens is 208 g/mol. The van der Waals surface area contributed by atoms with Crippen molar-refractivity contribution in [3.8, 4) is 11.5 Å². The van der Waals surface area contributed by atoms with Crippen molar-refractivity contribution in [2.24, 2.45) is 0 Å². The van der Waals surface area contributed by atoms with Crippen LogP contribution in [0.25, 0.3) is 0 Å². The Bertz CT molecular complexity index is 336. The molecule has 0 spiro atoms. The lowest BCUT2D eigenvalue weighted by molar-refractivity contribution is -0.143. The summed E-state index contributed by atoms with van der Waals surface area (Å²) in [6.07, 6.45) is 0.242. The number of methoxy groups -OCH3 is 1. The van der Waals surface area contributed by atoms with Crippen LogP contribution in [0.4, 0.5) is 0 Å².